The van der Waals surface area contributed by atoms with Crippen molar-refractivity contribution in [3.05, 3.63) is 0 Å². The Bertz CT molecular complexity index is 209. The molecule has 12 heavy (non-hydrogen) atoms. The van der Waals surface area contributed by atoms with Gasteiger partial charge in [0.25, 0.3) is 0 Å². The average molecular weight is 166 g/mol. The maximum atomic E-state index is 11.7. The summed E-state index contributed by atoms with van der Waals surface area (Å²) in [5.41, 5.74) is 0.110. The molecule has 3 atom stereocenters. The lowest BCUT2D eigenvalue weighted by Gasteiger charge is -2.54. The Kier molecular flexibility index (Phi) is 1.78. The third-order valence-corrected chi connectivity index (χ3v) is 4.10. The fourth-order valence-corrected chi connectivity index (χ4v) is 3.29. The number of Topliss-reactive ketones (excluding diaryl/α,β-unsaturated/α-hetero) is 1. The summed E-state index contributed by atoms with van der Waals surface area (Å²) >= 11 is 0. The smallest absolute Gasteiger partial charge is 0.142 e. The molecule has 0 N–H and O–H groups in total. The molecular formula is C11H18O. The van der Waals surface area contributed by atoms with Crippen LogP contribution < -0.4 is 0 Å². The molecule has 0 bridgehead atoms. The molecule has 0 aliphatic heterocycles. The predicted octanol–water partition coefficient (Wildman–Crippen LogP) is 2.79. The van der Waals surface area contributed by atoms with E-state index in [4.69, 9.17) is 0 Å². The number of carbonyl (C=O) groups is 1. The Morgan fingerprint density at radius 1 is 1.50 bits per heavy atom. The highest BCUT2D eigenvalue weighted by Crippen LogP contribution is 2.56. The lowest BCUT2D eigenvalue weighted by atomic mass is 9.48. The van der Waals surface area contributed by atoms with Gasteiger partial charge in [-0.15, -0.1) is 0 Å². The van der Waals surface area contributed by atoms with Crippen molar-refractivity contribution in [2.45, 2.75) is 46.0 Å². The van der Waals surface area contributed by atoms with Crippen molar-refractivity contribution in [2.75, 3.05) is 0 Å². The monoisotopic (exact) mass is 166 g/mol. The fraction of sp³-hybridized carbons (Fsp3) is 0.909. The topological polar surface area (TPSA) is 17.1 Å². The minimum atomic E-state index is 0.110. The van der Waals surface area contributed by atoms with Gasteiger partial charge in [0.1, 0.15) is 5.78 Å². The van der Waals surface area contributed by atoms with Gasteiger partial charge in [-0.05, 0) is 25.2 Å². The van der Waals surface area contributed by atoms with E-state index in [0.29, 0.717) is 11.7 Å². The van der Waals surface area contributed by atoms with E-state index in [2.05, 4.69) is 13.8 Å². The van der Waals surface area contributed by atoms with Gasteiger partial charge < -0.3 is 0 Å². The van der Waals surface area contributed by atoms with Crippen LogP contribution in [0, 0.1) is 17.3 Å². The second-order valence-electron chi connectivity index (χ2n) is 4.65. The van der Waals surface area contributed by atoms with Crippen LogP contribution in [0.1, 0.15) is 46.0 Å². The first-order valence-electron chi connectivity index (χ1n) is 5.24. The molecule has 2 aliphatic carbocycles. The Labute approximate surface area is 74.5 Å². The lowest BCUT2D eigenvalue weighted by molar-refractivity contribution is -0.160. The number of hydrogen-bond acceptors (Lipinski definition) is 1. The van der Waals surface area contributed by atoms with Gasteiger partial charge in [-0.25, -0.2) is 0 Å². The van der Waals surface area contributed by atoms with Gasteiger partial charge in [-0.2, -0.15) is 0 Å². The minimum Gasteiger partial charge on any atom is -0.299 e. The molecule has 0 aromatic rings. The first-order chi connectivity index (χ1) is 5.70. The molecule has 3 unspecified atom stereocenters. The van der Waals surface area contributed by atoms with Gasteiger partial charge >= 0.3 is 0 Å². The highest BCUT2D eigenvalue weighted by atomic mass is 16.1. The van der Waals surface area contributed by atoms with E-state index >= 15 is 0 Å². The lowest BCUT2D eigenvalue weighted by Crippen LogP contribution is -2.57. The Balaban J connectivity index is 2.16. The number of carbonyl (C=O) groups excluding carboxylic acids is 1. The fourth-order valence-electron chi connectivity index (χ4n) is 3.29. The van der Waals surface area contributed by atoms with Gasteiger partial charge in [-0.1, -0.05) is 26.7 Å². The number of hydrogen-bond donors (Lipinski definition) is 0. The highest BCUT2D eigenvalue weighted by Gasteiger charge is 2.57. The van der Waals surface area contributed by atoms with E-state index in [9.17, 15) is 4.79 Å². The zero-order chi connectivity index (χ0) is 8.77. The van der Waals surface area contributed by atoms with Crippen LogP contribution in [0.4, 0.5) is 0 Å². The van der Waals surface area contributed by atoms with E-state index in [1.165, 1.54) is 19.3 Å². The summed E-state index contributed by atoms with van der Waals surface area (Å²) in [6.07, 6.45) is 6.16. The summed E-state index contributed by atoms with van der Waals surface area (Å²) in [6.45, 7) is 4.34. The standard InChI is InChI=1S/C11H18O/c1-3-8-9-6-4-5-7-11(9,2)10(8)12/h8-9H,3-7H2,1-2H3. The van der Waals surface area contributed by atoms with E-state index in [1.54, 1.807) is 0 Å². The second kappa shape index (κ2) is 2.58. The summed E-state index contributed by atoms with van der Waals surface area (Å²) < 4.78 is 0. The summed E-state index contributed by atoms with van der Waals surface area (Å²) in [7, 11) is 0. The van der Waals surface area contributed by atoms with Gasteiger partial charge in [0, 0.05) is 11.3 Å². The van der Waals surface area contributed by atoms with Crippen molar-refractivity contribution in [2.24, 2.45) is 17.3 Å². The van der Waals surface area contributed by atoms with Gasteiger partial charge in [-0.3, -0.25) is 4.79 Å². The van der Waals surface area contributed by atoms with E-state index in [0.717, 1.165) is 18.8 Å². The van der Waals surface area contributed by atoms with Gasteiger partial charge in [0.2, 0.25) is 0 Å². The third-order valence-electron chi connectivity index (χ3n) is 4.10. The van der Waals surface area contributed by atoms with Crippen molar-refractivity contribution < 1.29 is 4.79 Å². The van der Waals surface area contributed by atoms with Crippen molar-refractivity contribution in [3.63, 3.8) is 0 Å². The molecule has 68 valence electrons. The van der Waals surface area contributed by atoms with Crippen molar-refractivity contribution in [1.29, 1.82) is 0 Å². The maximum Gasteiger partial charge on any atom is 0.142 e. The van der Waals surface area contributed by atoms with E-state index in [-0.39, 0.29) is 5.41 Å². The summed E-state index contributed by atoms with van der Waals surface area (Å²) in [6, 6.07) is 0. The SMILES string of the molecule is CCC1C(=O)C2(C)CCCCC12. The van der Waals surface area contributed by atoms with Crippen LogP contribution in [-0.2, 0) is 4.79 Å². The van der Waals surface area contributed by atoms with E-state index in [1.807, 2.05) is 0 Å². The van der Waals surface area contributed by atoms with E-state index < -0.39 is 0 Å². The molecule has 0 spiro atoms. The van der Waals surface area contributed by atoms with Gasteiger partial charge in [0.15, 0.2) is 0 Å². The quantitative estimate of drug-likeness (QED) is 0.585. The third kappa shape index (κ3) is 0.826. The van der Waals surface area contributed by atoms with Crippen LogP contribution in [0.15, 0.2) is 0 Å². The Morgan fingerprint density at radius 3 is 2.92 bits per heavy atom. The molecule has 0 heterocycles. The first kappa shape index (κ1) is 8.28. The summed E-state index contributed by atoms with van der Waals surface area (Å²) in [5.74, 6) is 1.73. The molecule has 2 fully saturated rings. The second-order valence-corrected chi connectivity index (χ2v) is 4.65. The number of rotatable bonds is 1. The Morgan fingerprint density at radius 2 is 2.25 bits per heavy atom. The molecule has 1 heteroatoms. The van der Waals surface area contributed by atoms with Crippen LogP contribution in [-0.4, -0.2) is 5.78 Å². The highest BCUT2D eigenvalue weighted by molar-refractivity contribution is 5.93. The number of fused-ring (bicyclic) bond motifs is 1. The van der Waals surface area contributed by atoms with Crippen LogP contribution in [0.25, 0.3) is 0 Å². The predicted molar refractivity (Wildman–Crippen MR) is 48.9 cm³/mol. The molecular weight excluding hydrogens is 148 g/mol. The molecule has 0 aromatic carbocycles. The molecule has 2 rings (SSSR count). The average Bonchev–Trinajstić information content (AvgIpc) is 2.09. The van der Waals surface area contributed by atoms with Crippen molar-refractivity contribution in [1.82, 2.24) is 0 Å². The zero-order valence-corrected chi connectivity index (χ0v) is 8.10. The van der Waals surface area contributed by atoms with Crippen molar-refractivity contribution >= 4 is 5.78 Å². The zero-order valence-electron chi connectivity index (χ0n) is 8.10. The van der Waals surface area contributed by atoms with Crippen LogP contribution in [0.3, 0.4) is 0 Å². The first-order valence-corrected chi connectivity index (χ1v) is 5.24. The van der Waals surface area contributed by atoms with Crippen LogP contribution in [0.5, 0.6) is 0 Å². The Hall–Kier alpha value is -0.330. The largest absolute Gasteiger partial charge is 0.299 e. The molecule has 0 saturated heterocycles. The van der Waals surface area contributed by atoms with Gasteiger partial charge in [0.05, 0.1) is 0 Å². The molecule has 2 saturated carbocycles. The molecule has 0 amide bonds. The summed E-state index contributed by atoms with van der Waals surface area (Å²) in [5, 5.41) is 0. The van der Waals surface area contributed by atoms with Crippen molar-refractivity contribution in [3.8, 4) is 0 Å². The summed E-state index contributed by atoms with van der Waals surface area (Å²) in [4.78, 5) is 11.7. The van der Waals surface area contributed by atoms with Crippen LogP contribution >= 0.6 is 0 Å². The molecule has 0 radical (unpaired) electrons. The maximum absolute atomic E-state index is 11.7. The minimum absolute atomic E-state index is 0.110. The number of ketones is 1. The van der Waals surface area contributed by atoms with Crippen LogP contribution in [0.2, 0.25) is 0 Å². The molecule has 1 nitrogen and oxygen atoms in total. The normalized spacial score (nSPS) is 46.7. The molecule has 2 aliphatic rings. The molecule has 0 aromatic heterocycles.